The number of aliphatic imine (C=N–C) groups is 1. The fraction of sp³-hybridized carbons (Fsp3) is 0. The maximum Gasteiger partial charge on any atom is 0.336 e. The van der Waals surface area contributed by atoms with Gasteiger partial charge in [0.1, 0.15) is 5.58 Å². The highest BCUT2D eigenvalue weighted by atomic mass is 35.5. The normalized spacial score (nSPS) is 17.2. The van der Waals surface area contributed by atoms with Gasteiger partial charge in [0.05, 0.1) is 15.6 Å². The third kappa shape index (κ3) is 3.42. The molecule has 0 atom stereocenters. The molecule has 4 rings (SSSR count). The summed E-state index contributed by atoms with van der Waals surface area (Å²) in [5.74, 6) is -0.222. The van der Waals surface area contributed by atoms with E-state index in [0.29, 0.717) is 26.4 Å². The molecule has 0 bridgehead atoms. The van der Waals surface area contributed by atoms with Gasteiger partial charge < -0.3 is 9.73 Å². The number of carbonyl (C=O) groups is 1. The Morgan fingerprint density at radius 1 is 1.08 bits per heavy atom. The van der Waals surface area contributed by atoms with Crippen molar-refractivity contribution in [3.63, 3.8) is 0 Å². The third-order valence-corrected chi connectivity index (χ3v) is 4.90. The lowest BCUT2D eigenvalue weighted by Gasteiger charge is -1.99. The van der Waals surface area contributed by atoms with Gasteiger partial charge in [-0.25, -0.2) is 9.79 Å². The number of halogens is 1. The summed E-state index contributed by atoms with van der Waals surface area (Å²) in [4.78, 5) is 28.3. The Balaban J connectivity index is 1.64. The number of amides is 1. The van der Waals surface area contributed by atoms with E-state index in [1.54, 1.807) is 36.4 Å². The molecule has 2 aromatic carbocycles. The number of amidine groups is 1. The van der Waals surface area contributed by atoms with E-state index in [-0.39, 0.29) is 5.91 Å². The average molecular weight is 383 g/mol. The van der Waals surface area contributed by atoms with Crippen LogP contribution in [0.15, 0.2) is 73.7 Å². The van der Waals surface area contributed by atoms with Crippen LogP contribution in [0.4, 0.5) is 5.69 Å². The molecule has 1 saturated heterocycles. The van der Waals surface area contributed by atoms with Crippen molar-refractivity contribution in [1.82, 2.24) is 5.32 Å². The molecule has 3 aromatic rings. The highest BCUT2D eigenvalue weighted by molar-refractivity contribution is 8.18. The zero-order valence-electron chi connectivity index (χ0n) is 13.2. The van der Waals surface area contributed by atoms with Crippen LogP contribution in [0.25, 0.3) is 17.0 Å². The number of rotatable bonds is 2. The molecular formula is C19H11ClN2O3S. The minimum absolute atomic E-state index is 0.222. The van der Waals surface area contributed by atoms with Crippen LogP contribution >= 0.6 is 23.4 Å². The molecule has 0 aliphatic carbocycles. The Bertz CT molecular complexity index is 1150. The smallest absolute Gasteiger partial charge is 0.336 e. The van der Waals surface area contributed by atoms with Gasteiger partial charge in [-0.05, 0) is 53.7 Å². The number of fused-ring (bicyclic) bond motifs is 1. The fourth-order valence-electron chi connectivity index (χ4n) is 2.46. The first-order valence-corrected chi connectivity index (χ1v) is 8.86. The predicted octanol–water partition coefficient (Wildman–Crippen LogP) is 4.34. The Kier molecular flexibility index (Phi) is 4.36. The summed E-state index contributed by atoms with van der Waals surface area (Å²) < 4.78 is 5.11. The number of para-hydroxylation sites is 1. The van der Waals surface area contributed by atoms with E-state index in [1.807, 2.05) is 18.2 Å². The van der Waals surface area contributed by atoms with Crippen molar-refractivity contribution in [2.45, 2.75) is 0 Å². The van der Waals surface area contributed by atoms with Crippen LogP contribution in [-0.4, -0.2) is 11.1 Å². The number of hydrogen-bond acceptors (Lipinski definition) is 5. The zero-order valence-corrected chi connectivity index (χ0v) is 14.8. The minimum atomic E-state index is -0.394. The van der Waals surface area contributed by atoms with Crippen LogP contribution < -0.4 is 10.9 Å². The highest BCUT2D eigenvalue weighted by Crippen LogP contribution is 2.31. The second-order valence-electron chi connectivity index (χ2n) is 5.48. The molecule has 1 aliphatic rings. The largest absolute Gasteiger partial charge is 0.423 e. The number of nitrogens with zero attached hydrogens (tertiary/aromatic N) is 1. The first kappa shape index (κ1) is 16.6. The summed E-state index contributed by atoms with van der Waals surface area (Å²) >= 11 is 7.34. The average Bonchev–Trinajstić information content (AvgIpc) is 2.96. The first-order chi connectivity index (χ1) is 12.6. The summed E-state index contributed by atoms with van der Waals surface area (Å²) in [6.45, 7) is 0. The molecule has 0 radical (unpaired) electrons. The van der Waals surface area contributed by atoms with Gasteiger partial charge in [-0.15, -0.1) is 0 Å². The van der Waals surface area contributed by atoms with E-state index in [1.165, 1.54) is 17.8 Å². The van der Waals surface area contributed by atoms with Crippen molar-refractivity contribution in [3.8, 4) is 0 Å². The lowest BCUT2D eigenvalue weighted by atomic mass is 10.1. The summed E-state index contributed by atoms with van der Waals surface area (Å²) in [7, 11) is 0. The molecule has 0 spiro atoms. The Labute approximate surface area is 157 Å². The summed E-state index contributed by atoms with van der Waals surface area (Å²) in [5, 5.41) is 4.51. The molecule has 0 saturated carbocycles. The van der Waals surface area contributed by atoms with E-state index < -0.39 is 5.63 Å². The maximum absolute atomic E-state index is 12.2. The molecule has 1 amide bonds. The van der Waals surface area contributed by atoms with Crippen LogP contribution in [-0.2, 0) is 4.79 Å². The van der Waals surface area contributed by atoms with E-state index in [0.717, 1.165) is 10.9 Å². The summed E-state index contributed by atoms with van der Waals surface area (Å²) in [6.07, 6.45) is 1.76. The minimum Gasteiger partial charge on any atom is -0.423 e. The van der Waals surface area contributed by atoms with Crippen molar-refractivity contribution >= 4 is 57.2 Å². The number of benzene rings is 2. The molecule has 7 heteroatoms. The second-order valence-corrected chi connectivity index (χ2v) is 6.92. The highest BCUT2D eigenvalue weighted by Gasteiger charge is 2.24. The molecule has 5 nitrogen and oxygen atoms in total. The monoisotopic (exact) mass is 382 g/mol. The lowest BCUT2D eigenvalue weighted by Crippen LogP contribution is -2.19. The van der Waals surface area contributed by atoms with Gasteiger partial charge in [-0.3, -0.25) is 4.79 Å². The van der Waals surface area contributed by atoms with Crippen LogP contribution in [0.5, 0.6) is 0 Å². The molecule has 1 N–H and O–H groups in total. The number of hydrogen-bond donors (Lipinski definition) is 1. The Morgan fingerprint density at radius 3 is 2.77 bits per heavy atom. The summed E-state index contributed by atoms with van der Waals surface area (Å²) in [6, 6.07) is 15.6. The van der Waals surface area contributed by atoms with Crippen molar-refractivity contribution in [3.05, 3.63) is 80.5 Å². The molecule has 128 valence electrons. The van der Waals surface area contributed by atoms with Crippen LogP contribution in [0, 0.1) is 0 Å². The standard InChI is InChI=1S/C19H11ClN2O3S/c20-13-3-1-2-4-14(13)21-19-22-18(24)16(26-19)10-11-5-7-15-12(9-11)6-8-17(23)25-15/h1-10H,(H,21,22,24)/b16-10+. The van der Waals surface area contributed by atoms with Crippen molar-refractivity contribution in [1.29, 1.82) is 0 Å². The molecular weight excluding hydrogens is 372 g/mol. The molecule has 26 heavy (non-hydrogen) atoms. The van der Waals surface area contributed by atoms with Gasteiger partial charge in [0.15, 0.2) is 5.17 Å². The zero-order chi connectivity index (χ0) is 18.1. The van der Waals surface area contributed by atoms with Crippen LogP contribution in [0.1, 0.15) is 5.56 Å². The van der Waals surface area contributed by atoms with Crippen molar-refractivity contribution in [2.24, 2.45) is 4.99 Å². The lowest BCUT2D eigenvalue weighted by molar-refractivity contribution is -0.115. The predicted molar refractivity (Wildman–Crippen MR) is 105 cm³/mol. The van der Waals surface area contributed by atoms with Gasteiger partial charge in [0.25, 0.3) is 5.91 Å². The van der Waals surface area contributed by atoms with Gasteiger partial charge in [0, 0.05) is 11.5 Å². The molecule has 1 aromatic heterocycles. The Morgan fingerprint density at radius 2 is 1.92 bits per heavy atom. The van der Waals surface area contributed by atoms with Crippen molar-refractivity contribution < 1.29 is 9.21 Å². The summed E-state index contributed by atoms with van der Waals surface area (Å²) in [5.41, 5.74) is 1.53. The number of thioether (sulfide) groups is 1. The molecule has 1 fully saturated rings. The van der Waals surface area contributed by atoms with E-state index >= 15 is 0 Å². The van der Waals surface area contributed by atoms with Crippen LogP contribution in [0.3, 0.4) is 0 Å². The maximum atomic E-state index is 12.2. The SMILES string of the molecule is O=C1NC(=Nc2ccccc2Cl)S/C1=C/c1ccc2oc(=O)ccc2c1. The molecule has 0 unspecified atom stereocenters. The van der Waals surface area contributed by atoms with Gasteiger partial charge in [-0.1, -0.05) is 29.8 Å². The van der Waals surface area contributed by atoms with E-state index in [2.05, 4.69) is 10.3 Å². The second kappa shape index (κ2) is 6.82. The number of carbonyl (C=O) groups excluding carboxylic acids is 1. The molecule has 2 heterocycles. The molecule has 1 aliphatic heterocycles. The Hall–Kier alpha value is -2.83. The van der Waals surface area contributed by atoms with Gasteiger partial charge in [-0.2, -0.15) is 0 Å². The number of nitrogens with one attached hydrogen (secondary N) is 1. The third-order valence-electron chi connectivity index (χ3n) is 3.67. The first-order valence-electron chi connectivity index (χ1n) is 7.66. The van der Waals surface area contributed by atoms with E-state index in [4.69, 9.17) is 16.0 Å². The van der Waals surface area contributed by atoms with Crippen molar-refractivity contribution in [2.75, 3.05) is 0 Å². The van der Waals surface area contributed by atoms with Crippen LogP contribution in [0.2, 0.25) is 5.02 Å². The van der Waals surface area contributed by atoms with E-state index in [9.17, 15) is 9.59 Å². The fourth-order valence-corrected chi connectivity index (χ4v) is 3.48. The quantitative estimate of drug-likeness (QED) is 0.528. The van der Waals surface area contributed by atoms with Gasteiger partial charge >= 0.3 is 5.63 Å². The van der Waals surface area contributed by atoms with Gasteiger partial charge in [0.2, 0.25) is 0 Å². The topological polar surface area (TPSA) is 71.7 Å².